The van der Waals surface area contributed by atoms with E-state index < -0.39 is 9.84 Å². The maximum atomic E-state index is 12.9. The molecular weight excluding hydrogens is 502 g/mol. The van der Waals surface area contributed by atoms with Gasteiger partial charge in [0.25, 0.3) is 0 Å². The summed E-state index contributed by atoms with van der Waals surface area (Å²) in [5, 5.41) is 12.4. The number of aryl methyl sites for hydroxylation is 1. The number of hydrogen-bond donors (Lipinski definition) is 1. The molecule has 0 unspecified atom stereocenters. The second-order valence-corrected chi connectivity index (χ2v) is 11.9. The van der Waals surface area contributed by atoms with Crippen molar-refractivity contribution in [3.8, 4) is 11.1 Å². The van der Waals surface area contributed by atoms with E-state index in [2.05, 4.69) is 16.5 Å². The fraction of sp³-hybridized carbons (Fsp3) is 0.333. The number of nitrogens with one attached hydrogen (secondary N) is 1. The van der Waals surface area contributed by atoms with Gasteiger partial charge in [-0.15, -0.1) is 0 Å². The van der Waals surface area contributed by atoms with Gasteiger partial charge in [0, 0.05) is 48.8 Å². The molecule has 1 aromatic carbocycles. The van der Waals surface area contributed by atoms with Gasteiger partial charge in [0.15, 0.2) is 9.84 Å². The quantitative estimate of drug-likeness (QED) is 0.401. The van der Waals surface area contributed by atoms with Crippen LogP contribution in [0.2, 0.25) is 0 Å². The van der Waals surface area contributed by atoms with E-state index in [1.807, 2.05) is 37.7 Å². The Morgan fingerprint density at radius 2 is 1.95 bits per heavy atom. The third-order valence-electron chi connectivity index (χ3n) is 7.01. The molecule has 1 N–H and O–H groups in total. The maximum Gasteiger partial charge on any atom is 0.177 e. The van der Waals surface area contributed by atoms with Gasteiger partial charge in [-0.2, -0.15) is 10.2 Å². The van der Waals surface area contributed by atoms with Crippen molar-refractivity contribution < 1.29 is 13.2 Å². The molecule has 0 saturated carbocycles. The summed E-state index contributed by atoms with van der Waals surface area (Å²) in [5.74, 6) is 0. The van der Waals surface area contributed by atoms with Crippen LogP contribution in [-0.4, -0.2) is 51.5 Å². The number of hydrogen-bond acceptors (Lipinski definition) is 8. The Morgan fingerprint density at radius 1 is 1.11 bits per heavy atom. The molecule has 38 heavy (non-hydrogen) atoms. The number of sulfone groups is 1. The van der Waals surface area contributed by atoms with Gasteiger partial charge in [0.2, 0.25) is 0 Å². The minimum absolute atomic E-state index is 0.214. The number of ether oxygens (including phenoxy) is 1. The van der Waals surface area contributed by atoms with E-state index in [1.54, 1.807) is 23.0 Å². The van der Waals surface area contributed by atoms with Gasteiger partial charge in [-0.3, -0.25) is 19.3 Å². The molecule has 0 fully saturated rings. The molecule has 0 radical (unpaired) electrons. The average Bonchev–Trinajstić information content (AvgIpc) is 3.55. The van der Waals surface area contributed by atoms with Crippen molar-refractivity contribution in [3.63, 3.8) is 0 Å². The first-order chi connectivity index (χ1) is 18.2. The van der Waals surface area contributed by atoms with E-state index in [0.29, 0.717) is 31.7 Å². The van der Waals surface area contributed by atoms with Crippen LogP contribution in [0.1, 0.15) is 35.4 Å². The first-order valence-electron chi connectivity index (χ1n) is 12.5. The van der Waals surface area contributed by atoms with Crippen LogP contribution in [-0.2, 0) is 47.6 Å². The molecule has 10 nitrogen and oxygen atoms in total. The fourth-order valence-corrected chi connectivity index (χ4v) is 5.87. The van der Waals surface area contributed by atoms with Gasteiger partial charge in [-0.05, 0) is 43.7 Å². The van der Waals surface area contributed by atoms with Crippen molar-refractivity contribution in [2.45, 2.75) is 44.7 Å². The van der Waals surface area contributed by atoms with Crippen molar-refractivity contribution in [1.82, 2.24) is 24.5 Å². The number of pyridine rings is 1. The lowest BCUT2D eigenvalue weighted by Crippen LogP contribution is -2.16. The zero-order valence-electron chi connectivity index (χ0n) is 21.8. The zero-order chi connectivity index (χ0) is 26.6. The number of anilines is 2. The van der Waals surface area contributed by atoms with Crippen molar-refractivity contribution in [1.29, 1.82) is 0 Å². The highest BCUT2D eigenvalue weighted by atomic mass is 32.2. The summed E-state index contributed by atoms with van der Waals surface area (Å²) in [7, 11) is -1.68. The lowest BCUT2D eigenvalue weighted by Gasteiger charge is -2.15. The Bertz CT molecular complexity index is 1690. The second-order valence-electron chi connectivity index (χ2n) is 9.94. The predicted molar refractivity (Wildman–Crippen MR) is 145 cm³/mol. The third kappa shape index (κ3) is 4.52. The minimum Gasteiger partial charge on any atom is -0.373 e. The summed E-state index contributed by atoms with van der Waals surface area (Å²) in [4.78, 5) is 9.81. The largest absolute Gasteiger partial charge is 0.373 e. The minimum atomic E-state index is -3.54. The number of aromatic nitrogens is 5. The third-order valence-corrected chi connectivity index (χ3v) is 8.15. The first kappa shape index (κ1) is 24.5. The summed E-state index contributed by atoms with van der Waals surface area (Å²) in [5.41, 5.74) is 9.28. The Kier molecular flexibility index (Phi) is 5.92. The molecular formula is C27H29N7O3S. The van der Waals surface area contributed by atoms with E-state index in [1.165, 1.54) is 6.26 Å². The molecule has 0 atom stereocenters. The number of nitrogens with zero attached hydrogens (tertiary/aromatic N) is 6. The van der Waals surface area contributed by atoms with Gasteiger partial charge in [-0.25, -0.2) is 8.42 Å². The van der Waals surface area contributed by atoms with Crippen LogP contribution in [0.5, 0.6) is 0 Å². The molecule has 0 amide bonds. The van der Waals surface area contributed by atoms with Gasteiger partial charge < -0.3 is 10.1 Å². The number of fused-ring (bicyclic) bond motifs is 2. The molecule has 4 aromatic rings. The molecule has 6 rings (SSSR count). The summed E-state index contributed by atoms with van der Waals surface area (Å²) < 4.78 is 35.1. The van der Waals surface area contributed by atoms with Crippen LogP contribution in [0, 0.1) is 6.92 Å². The van der Waals surface area contributed by atoms with Gasteiger partial charge >= 0.3 is 0 Å². The Balaban J connectivity index is 1.39. The summed E-state index contributed by atoms with van der Waals surface area (Å²) in [6, 6.07) is 9.43. The van der Waals surface area contributed by atoms with E-state index in [0.717, 1.165) is 63.2 Å². The summed E-state index contributed by atoms with van der Waals surface area (Å²) in [6.07, 6.45) is 4.19. The predicted octanol–water partition coefficient (Wildman–Crippen LogP) is 3.90. The van der Waals surface area contributed by atoms with Gasteiger partial charge in [-0.1, -0.05) is 6.07 Å². The van der Waals surface area contributed by atoms with Crippen LogP contribution < -0.4 is 5.32 Å². The van der Waals surface area contributed by atoms with Crippen molar-refractivity contribution in [3.05, 3.63) is 65.0 Å². The Labute approximate surface area is 221 Å². The van der Waals surface area contributed by atoms with Crippen LogP contribution >= 0.6 is 0 Å². The Hall–Kier alpha value is -3.83. The maximum absolute atomic E-state index is 12.9. The average molecular weight is 532 g/mol. The summed E-state index contributed by atoms with van der Waals surface area (Å²) >= 11 is 0. The van der Waals surface area contributed by atoms with Crippen LogP contribution in [0.15, 0.2) is 46.4 Å². The molecule has 3 aromatic heterocycles. The SMILES string of the molecule is CC1=Nc2c(Nc3ccc(-c4cnn(C)c4C)cc3S(C)(=O)=O)cc(Cc3cc4n(n3)CCOC4)nc2C1. The highest BCUT2D eigenvalue weighted by molar-refractivity contribution is 7.90. The van der Waals surface area contributed by atoms with Crippen molar-refractivity contribution in [2.75, 3.05) is 18.2 Å². The smallest absolute Gasteiger partial charge is 0.177 e. The molecule has 11 heteroatoms. The number of rotatable bonds is 6. The molecule has 0 spiro atoms. The highest BCUT2D eigenvalue weighted by Crippen LogP contribution is 2.39. The van der Waals surface area contributed by atoms with E-state index in [4.69, 9.17) is 19.8 Å². The van der Waals surface area contributed by atoms with E-state index >= 15 is 0 Å². The number of aliphatic imine (C=N–C) groups is 1. The summed E-state index contributed by atoms with van der Waals surface area (Å²) in [6.45, 7) is 5.91. The van der Waals surface area contributed by atoms with Crippen LogP contribution in [0.25, 0.3) is 11.1 Å². The zero-order valence-corrected chi connectivity index (χ0v) is 22.6. The monoisotopic (exact) mass is 531 g/mol. The van der Waals surface area contributed by atoms with Gasteiger partial charge in [0.1, 0.15) is 5.69 Å². The molecule has 0 saturated heterocycles. The molecule has 0 bridgehead atoms. The van der Waals surface area contributed by atoms with Crippen LogP contribution in [0.4, 0.5) is 17.1 Å². The van der Waals surface area contributed by atoms with Crippen molar-refractivity contribution in [2.24, 2.45) is 12.0 Å². The van der Waals surface area contributed by atoms with E-state index in [-0.39, 0.29) is 4.90 Å². The van der Waals surface area contributed by atoms with E-state index in [9.17, 15) is 8.42 Å². The highest BCUT2D eigenvalue weighted by Gasteiger charge is 2.23. The van der Waals surface area contributed by atoms with Crippen LogP contribution in [0.3, 0.4) is 0 Å². The molecule has 2 aliphatic rings. The molecule has 2 aliphatic heterocycles. The normalized spacial score (nSPS) is 14.8. The van der Waals surface area contributed by atoms with Crippen molar-refractivity contribution >= 4 is 32.6 Å². The second kappa shape index (κ2) is 9.17. The topological polar surface area (TPSA) is 116 Å². The first-order valence-corrected chi connectivity index (χ1v) is 14.4. The fourth-order valence-electron chi connectivity index (χ4n) is 5.01. The number of benzene rings is 1. The lowest BCUT2D eigenvalue weighted by molar-refractivity contribution is 0.0800. The standard InChI is InChI=1S/C27H29N7O3S/c1-16-9-24-27(29-16)25(13-19(30-24)11-20-12-21-15-37-8-7-34(21)32-20)31-23-6-5-18(10-26(23)38(4,35)36)22-14-28-33(3)17(22)2/h5-6,10,12-14H,7-9,11,15H2,1-4H3,(H,30,31). The Morgan fingerprint density at radius 3 is 2.68 bits per heavy atom. The van der Waals surface area contributed by atoms with Gasteiger partial charge in [0.05, 0.1) is 59.3 Å². The lowest BCUT2D eigenvalue weighted by atomic mass is 10.1. The molecule has 5 heterocycles. The molecule has 196 valence electrons. The molecule has 0 aliphatic carbocycles.